The average Bonchev–Trinajstić information content (AvgIpc) is 2.88. The topological polar surface area (TPSA) is 234 Å². The van der Waals surface area contributed by atoms with Crippen LogP contribution in [0.15, 0.2) is 5.11 Å². The van der Waals surface area contributed by atoms with Gasteiger partial charge >= 0.3 is 6.09 Å². The highest BCUT2D eigenvalue weighted by Crippen LogP contribution is 2.27. The number of ether oxygens (including phenoxy) is 6. The van der Waals surface area contributed by atoms with E-state index in [-0.39, 0.29) is 6.61 Å². The van der Waals surface area contributed by atoms with Crippen molar-refractivity contribution in [2.45, 2.75) is 87.1 Å². The maximum Gasteiger partial charge on any atom is 0.407 e. The molecule has 0 saturated carbocycles. The van der Waals surface area contributed by atoms with Gasteiger partial charge in [0, 0.05) is 32.2 Å². The molecule has 2 heterocycles. The molecule has 10 atom stereocenters. The Hall–Kier alpha value is -1.82. The highest BCUT2D eigenvalue weighted by atomic mass is 16.7. The number of hydrogen-bond acceptors (Lipinski definition) is 13. The van der Waals surface area contributed by atoms with Gasteiger partial charge in [-0.1, -0.05) is 18.0 Å². The van der Waals surface area contributed by atoms with Gasteiger partial charge < -0.3 is 59.3 Å². The maximum absolute atomic E-state index is 12.3. The number of rotatable bonds is 14. The van der Waals surface area contributed by atoms with Gasteiger partial charge in [0.15, 0.2) is 18.7 Å². The van der Waals surface area contributed by atoms with E-state index < -0.39 is 74.1 Å². The second kappa shape index (κ2) is 16.2. The van der Waals surface area contributed by atoms with Crippen molar-refractivity contribution in [2.75, 3.05) is 40.5 Å². The van der Waals surface area contributed by atoms with Crippen LogP contribution in [-0.4, -0.2) is 134 Å². The van der Waals surface area contributed by atoms with Gasteiger partial charge in [-0.3, -0.25) is 0 Å². The van der Waals surface area contributed by atoms with E-state index in [1.807, 2.05) is 0 Å². The molecule has 2 aliphatic heterocycles. The molecule has 0 aliphatic carbocycles. The van der Waals surface area contributed by atoms with Gasteiger partial charge in [-0.15, -0.1) is 0 Å². The van der Waals surface area contributed by atoms with Crippen molar-refractivity contribution in [1.29, 1.82) is 0 Å². The van der Waals surface area contributed by atoms with Gasteiger partial charge in [0.1, 0.15) is 42.7 Å². The summed E-state index contributed by atoms with van der Waals surface area (Å²) in [6.45, 7) is 0.226. The molecule has 4 unspecified atom stereocenters. The predicted molar refractivity (Wildman–Crippen MR) is 123 cm³/mol. The molecule has 6 N–H and O–H groups in total. The Balaban J connectivity index is 1.88. The van der Waals surface area contributed by atoms with E-state index >= 15 is 0 Å². The minimum atomic E-state index is -1.61. The normalized spacial score (nSPS) is 36.0. The number of aliphatic hydroxyl groups is 5. The molecule has 1 amide bonds. The first-order valence-electron chi connectivity index (χ1n) is 12.0. The zero-order valence-electron chi connectivity index (χ0n) is 20.9. The van der Waals surface area contributed by atoms with Crippen LogP contribution in [0.3, 0.4) is 0 Å². The van der Waals surface area contributed by atoms with Crippen LogP contribution < -0.4 is 5.32 Å². The van der Waals surface area contributed by atoms with Gasteiger partial charge in [0.05, 0.1) is 13.2 Å². The van der Waals surface area contributed by atoms with Gasteiger partial charge in [-0.05, 0) is 18.4 Å². The minimum absolute atomic E-state index is 0.0773. The first-order valence-corrected chi connectivity index (χ1v) is 12.0. The van der Waals surface area contributed by atoms with E-state index in [0.29, 0.717) is 19.5 Å². The first-order chi connectivity index (χ1) is 17.7. The summed E-state index contributed by atoms with van der Waals surface area (Å²) in [4.78, 5) is 14.9. The van der Waals surface area contributed by atoms with Crippen molar-refractivity contribution < 1.29 is 58.7 Å². The first kappa shape index (κ1) is 31.4. The summed E-state index contributed by atoms with van der Waals surface area (Å²) in [7, 11) is 2.63. The summed E-state index contributed by atoms with van der Waals surface area (Å²) < 4.78 is 31.7. The van der Waals surface area contributed by atoms with Crippen molar-refractivity contribution in [2.24, 2.45) is 5.11 Å². The van der Waals surface area contributed by atoms with Gasteiger partial charge in [-0.25, -0.2) is 4.79 Å². The summed E-state index contributed by atoms with van der Waals surface area (Å²) in [5.41, 5.74) is 8.24. The van der Waals surface area contributed by atoms with Crippen molar-refractivity contribution in [3.8, 4) is 0 Å². The van der Waals surface area contributed by atoms with Crippen LogP contribution >= 0.6 is 0 Å². The summed E-state index contributed by atoms with van der Waals surface area (Å²) in [6, 6.07) is 0. The molecule has 2 fully saturated rings. The number of aliphatic hydroxyl groups excluding tert-OH is 5. The second-order valence-electron chi connectivity index (χ2n) is 8.73. The number of azide groups is 1. The van der Waals surface area contributed by atoms with Crippen LogP contribution in [0.1, 0.15) is 25.7 Å². The van der Waals surface area contributed by atoms with E-state index in [9.17, 15) is 30.3 Å². The molecule has 0 aromatic heterocycles. The lowest BCUT2D eigenvalue weighted by atomic mass is 9.98. The number of nitrogens with one attached hydrogen (secondary N) is 1. The molecule has 0 bridgehead atoms. The largest absolute Gasteiger partial charge is 0.440 e. The van der Waals surface area contributed by atoms with Crippen LogP contribution in [0.25, 0.3) is 10.4 Å². The highest BCUT2D eigenvalue weighted by molar-refractivity contribution is 5.67. The zero-order chi connectivity index (χ0) is 27.4. The van der Waals surface area contributed by atoms with Crippen molar-refractivity contribution >= 4 is 6.09 Å². The standard InChI is InChI=1S/C21H38N4O12/c1-32-9-11-13(26)15(28)16(29)20(36-11)34-10-12-14(27)18(17(30)19(33-2)35-12)37-21(31)23-7-5-3-4-6-8-24-25-22/h11-20,26-30H,3-10H2,1-2H3,(H,23,31)/t11?,12?,13-,14-,15+,16?,17?,18+,19+,20+/m1/s1. The van der Waals surface area contributed by atoms with Crippen LogP contribution in [-0.2, 0) is 28.4 Å². The number of carbonyl (C=O) groups is 1. The fourth-order valence-corrected chi connectivity index (χ4v) is 3.98. The average molecular weight is 539 g/mol. The molecule has 2 saturated heterocycles. The van der Waals surface area contributed by atoms with E-state index in [1.165, 1.54) is 14.2 Å². The Kier molecular flexibility index (Phi) is 13.8. The van der Waals surface area contributed by atoms with Crippen molar-refractivity contribution in [1.82, 2.24) is 5.32 Å². The summed E-state index contributed by atoms with van der Waals surface area (Å²) in [6.07, 6.45) is -11.7. The third kappa shape index (κ3) is 9.15. The lowest BCUT2D eigenvalue weighted by Crippen LogP contribution is -2.62. The fraction of sp³-hybridized carbons (Fsp3) is 0.952. The molecule has 16 heteroatoms. The molecule has 0 aromatic carbocycles. The molecule has 2 aliphatic rings. The molecule has 0 radical (unpaired) electrons. The molecule has 16 nitrogen and oxygen atoms in total. The van der Waals surface area contributed by atoms with Gasteiger partial charge in [0.25, 0.3) is 0 Å². The van der Waals surface area contributed by atoms with Gasteiger partial charge in [0.2, 0.25) is 0 Å². The minimum Gasteiger partial charge on any atom is -0.440 e. The molecule has 214 valence electrons. The monoisotopic (exact) mass is 538 g/mol. The quantitative estimate of drug-likeness (QED) is 0.0642. The Morgan fingerprint density at radius 3 is 2.24 bits per heavy atom. The lowest BCUT2D eigenvalue weighted by Gasteiger charge is -2.43. The fourth-order valence-electron chi connectivity index (χ4n) is 3.98. The van der Waals surface area contributed by atoms with E-state index in [0.717, 1.165) is 19.3 Å². The summed E-state index contributed by atoms with van der Waals surface area (Å²) in [5, 5.41) is 57.5. The number of hydrogen-bond donors (Lipinski definition) is 6. The number of alkyl carbamates (subject to hydrolysis) is 1. The zero-order valence-corrected chi connectivity index (χ0v) is 20.9. The number of methoxy groups -OCH3 is 2. The highest BCUT2D eigenvalue weighted by Gasteiger charge is 2.49. The third-order valence-corrected chi connectivity index (χ3v) is 6.06. The van der Waals surface area contributed by atoms with Crippen LogP contribution in [0.2, 0.25) is 0 Å². The smallest absolute Gasteiger partial charge is 0.407 e. The Labute approximate surface area is 214 Å². The van der Waals surface area contributed by atoms with Crippen molar-refractivity contribution in [3.05, 3.63) is 10.4 Å². The Morgan fingerprint density at radius 2 is 1.57 bits per heavy atom. The van der Waals surface area contributed by atoms with Crippen LogP contribution in [0, 0.1) is 0 Å². The lowest BCUT2D eigenvalue weighted by molar-refractivity contribution is -0.328. The van der Waals surface area contributed by atoms with Gasteiger partial charge in [-0.2, -0.15) is 0 Å². The Morgan fingerprint density at radius 1 is 0.892 bits per heavy atom. The van der Waals surface area contributed by atoms with E-state index in [4.69, 9.17) is 34.0 Å². The summed E-state index contributed by atoms with van der Waals surface area (Å²) >= 11 is 0. The van der Waals surface area contributed by atoms with Crippen molar-refractivity contribution in [3.63, 3.8) is 0 Å². The summed E-state index contributed by atoms with van der Waals surface area (Å²) in [5.74, 6) is 0. The SMILES string of the molecule is COCC1O[C@H](OCC2O[C@H](OC)C(O)[C@@H](OC(=O)NCCCCCCN=[N+]=[N-])[C@@H]2O)C(O)[C@@H](O)[C@@H]1O. The predicted octanol–water partition coefficient (Wildman–Crippen LogP) is -1.48. The molecule has 2 rings (SSSR count). The molecule has 0 spiro atoms. The Bertz CT molecular complexity index is 730. The number of nitrogens with zero attached hydrogens (tertiary/aromatic N) is 3. The van der Waals surface area contributed by atoms with Crippen LogP contribution in [0.4, 0.5) is 4.79 Å². The molecular weight excluding hydrogens is 500 g/mol. The number of carbonyl (C=O) groups excluding carboxylic acids is 1. The number of unbranched alkanes of at least 4 members (excludes halogenated alkanes) is 3. The molecule has 37 heavy (non-hydrogen) atoms. The molecular formula is C21H38N4O12. The molecule has 0 aromatic rings. The van der Waals surface area contributed by atoms with E-state index in [1.54, 1.807) is 0 Å². The van der Waals surface area contributed by atoms with Crippen LogP contribution in [0.5, 0.6) is 0 Å². The second-order valence-corrected chi connectivity index (χ2v) is 8.73. The van der Waals surface area contributed by atoms with E-state index in [2.05, 4.69) is 15.3 Å². The number of amides is 1. The third-order valence-electron chi connectivity index (χ3n) is 6.06. The maximum atomic E-state index is 12.3.